The Hall–Kier alpha value is -2.88. The van der Waals surface area contributed by atoms with Crippen LogP contribution in [0.4, 0.5) is 0 Å². The topological polar surface area (TPSA) is 59.4 Å². The van der Waals surface area contributed by atoms with Gasteiger partial charge in [0.05, 0.1) is 12.1 Å². The minimum atomic E-state index is -0.454. The molecule has 3 rings (SSSR count). The molecular weight excluding hydrogens is 362 g/mol. The summed E-state index contributed by atoms with van der Waals surface area (Å²) in [4.78, 5) is 16.1. The van der Waals surface area contributed by atoms with Crippen LogP contribution in [0.2, 0.25) is 0 Å². The Morgan fingerprint density at radius 3 is 2.45 bits per heavy atom. The number of unbranched alkanes of at least 4 members (excludes halogenated alkanes) is 2. The van der Waals surface area contributed by atoms with Crippen molar-refractivity contribution < 1.29 is 14.6 Å². The standard InChI is InChI=1S/C13H15N.C12H16O3/c1-10(2)9-12-8-7-11-5-3-4-6-13(11)14-12;1-2-3-6-9-15-12(14)10-7-4-5-8-11(10)13/h3-8,10H,9H2,1-2H3;4-5,7-8,13H,2-3,6,9H2,1H3. The average Bonchev–Trinajstić information content (AvgIpc) is 2.71. The van der Waals surface area contributed by atoms with E-state index >= 15 is 0 Å². The van der Waals surface area contributed by atoms with Crippen molar-refractivity contribution in [3.05, 3.63) is 71.9 Å². The largest absolute Gasteiger partial charge is 0.507 e. The number of hydrogen-bond acceptors (Lipinski definition) is 4. The van der Waals surface area contributed by atoms with Crippen LogP contribution in [-0.2, 0) is 11.2 Å². The number of benzene rings is 2. The van der Waals surface area contributed by atoms with E-state index in [0.717, 1.165) is 31.2 Å². The highest BCUT2D eigenvalue weighted by Crippen LogP contribution is 2.16. The summed E-state index contributed by atoms with van der Waals surface area (Å²) >= 11 is 0. The SMILES string of the molecule is CC(C)Cc1ccc2ccccc2n1.CCCCCOC(=O)c1ccccc1O. The summed E-state index contributed by atoms with van der Waals surface area (Å²) in [6.07, 6.45) is 4.07. The Morgan fingerprint density at radius 2 is 1.72 bits per heavy atom. The molecule has 0 aliphatic rings. The molecule has 1 N–H and O–H groups in total. The molecule has 4 nitrogen and oxygen atoms in total. The van der Waals surface area contributed by atoms with Gasteiger partial charge in [0.25, 0.3) is 0 Å². The molecule has 0 unspecified atom stereocenters. The van der Waals surface area contributed by atoms with Gasteiger partial charge in [0.15, 0.2) is 0 Å². The molecule has 0 radical (unpaired) electrons. The maximum atomic E-state index is 11.4. The number of ether oxygens (including phenoxy) is 1. The number of aromatic hydroxyl groups is 1. The van der Waals surface area contributed by atoms with Gasteiger partial charge in [0.2, 0.25) is 0 Å². The van der Waals surface area contributed by atoms with E-state index in [-0.39, 0.29) is 11.3 Å². The molecule has 0 aliphatic carbocycles. The van der Waals surface area contributed by atoms with Gasteiger partial charge in [-0.3, -0.25) is 4.98 Å². The Kier molecular flexibility index (Phi) is 9.16. The fraction of sp³-hybridized carbons (Fsp3) is 0.360. The van der Waals surface area contributed by atoms with Crippen molar-refractivity contribution in [2.24, 2.45) is 5.92 Å². The summed E-state index contributed by atoms with van der Waals surface area (Å²) in [5, 5.41) is 10.6. The third-order valence-electron chi connectivity index (χ3n) is 4.38. The van der Waals surface area contributed by atoms with Crippen molar-refractivity contribution in [2.75, 3.05) is 6.61 Å². The number of carbonyl (C=O) groups excluding carboxylic acids is 1. The van der Waals surface area contributed by atoms with E-state index in [4.69, 9.17) is 4.74 Å². The molecule has 0 saturated carbocycles. The molecule has 0 amide bonds. The molecule has 2 aromatic carbocycles. The first-order chi connectivity index (χ1) is 14.0. The van der Waals surface area contributed by atoms with Crippen LogP contribution in [-0.4, -0.2) is 22.7 Å². The van der Waals surface area contributed by atoms with Crippen molar-refractivity contribution >= 4 is 16.9 Å². The molecule has 1 aromatic heterocycles. The van der Waals surface area contributed by atoms with Gasteiger partial charge in [-0.05, 0) is 43.0 Å². The van der Waals surface area contributed by atoms with E-state index in [2.05, 4.69) is 50.0 Å². The molecule has 29 heavy (non-hydrogen) atoms. The Morgan fingerprint density at radius 1 is 1.00 bits per heavy atom. The van der Waals surface area contributed by atoms with Gasteiger partial charge in [-0.25, -0.2) is 4.79 Å². The molecule has 0 bridgehead atoms. The van der Waals surface area contributed by atoms with Gasteiger partial charge >= 0.3 is 5.97 Å². The number of fused-ring (bicyclic) bond motifs is 1. The summed E-state index contributed by atoms with van der Waals surface area (Å²) in [5.74, 6) is 0.186. The van der Waals surface area contributed by atoms with E-state index in [1.807, 2.05) is 12.1 Å². The number of pyridine rings is 1. The first-order valence-corrected chi connectivity index (χ1v) is 10.3. The van der Waals surface area contributed by atoms with Crippen molar-refractivity contribution in [3.63, 3.8) is 0 Å². The zero-order valence-electron chi connectivity index (χ0n) is 17.6. The minimum absolute atomic E-state index is 0.0296. The number of hydrogen-bond donors (Lipinski definition) is 1. The number of phenolic OH excluding ortho intramolecular Hbond substituents is 1. The average molecular weight is 394 g/mol. The summed E-state index contributed by atoms with van der Waals surface area (Å²) in [6, 6.07) is 18.9. The molecule has 0 fully saturated rings. The Labute approximate surface area is 173 Å². The van der Waals surface area contributed by atoms with Crippen LogP contribution in [0.1, 0.15) is 56.1 Å². The lowest BCUT2D eigenvalue weighted by molar-refractivity contribution is 0.0495. The van der Waals surface area contributed by atoms with Gasteiger partial charge in [-0.2, -0.15) is 0 Å². The lowest BCUT2D eigenvalue weighted by atomic mass is 10.1. The van der Waals surface area contributed by atoms with Crippen LogP contribution >= 0.6 is 0 Å². The molecule has 3 aromatic rings. The van der Waals surface area contributed by atoms with Gasteiger partial charge in [0, 0.05) is 11.1 Å². The third kappa shape index (κ3) is 7.57. The number of carbonyl (C=O) groups is 1. The second kappa shape index (κ2) is 11.8. The fourth-order valence-corrected chi connectivity index (χ4v) is 2.88. The van der Waals surface area contributed by atoms with E-state index in [0.29, 0.717) is 12.5 Å². The van der Waals surface area contributed by atoms with Crippen LogP contribution in [0.15, 0.2) is 60.7 Å². The number of nitrogens with zero attached hydrogens (tertiary/aromatic N) is 1. The Balaban J connectivity index is 0.000000207. The molecule has 0 aliphatic heterocycles. The number of rotatable bonds is 7. The van der Waals surface area contributed by atoms with Crippen molar-refractivity contribution in [2.45, 2.75) is 46.5 Å². The molecule has 154 valence electrons. The molecule has 4 heteroatoms. The van der Waals surface area contributed by atoms with E-state index < -0.39 is 5.97 Å². The summed E-state index contributed by atoms with van der Waals surface area (Å²) in [6.45, 7) is 6.94. The number of esters is 1. The van der Waals surface area contributed by atoms with Gasteiger partial charge in [-0.15, -0.1) is 0 Å². The summed E-state index contributed by atoms with van der Waals surface area (Å²) in [7, 11) is 0. The van der Waals surface area contributed by atoms with Crippen molar-refractivity contribution in [3.8, 4) is 5.75 Å². The van der Waals surface area contributed by atoms with Crippen LogP contribution in [0, 0.1) is 5.92 Å². The van der Waals surface area contributed by atoms with Gasteiger partial charge in [0.1, 0.15) is 11.3 Å². The number of para-hydroxylation sites is 2. The van der Waals surface area contributed by atoms with Crippen LogP contribution < -0.4 is 0 Å². The highest BCUT2D eigenvalue weighted by molar-refractivity contribution is 5.92. The highest BCUT2D eigenvalue weighted by atomic mass is 16.5. The number of phenols is 1. The predicted octanol–water partition coefficient (Wildman–Crippen LogP) is 6.17. The normalized spacial score (nSPS) is 10.5. The van der Waals surface area contributed by atoms with Crippen LogP contribution in [0.25, 0.3) is 10.9 Å². The molecular formula is C25H31NO3. The third-order valence-corrected chi connectivity index (χ3v) is 4.38. The monoisotopic (exact) mass is 393 g/mol. The van der Waals surface area contributed by atoms with E-state index in [1.165, 1.54) is 17.1 Å². The smallest absolute Gasteiger partial charge is 0.341 e. The maximum absolute atomic E-state index is 11.4. The molecule has 1 heterocycles. The van der Waals surface area contributed by atoms with Crippen molar-refractivity contribution in [1.29, 1.82) is 0 Å². The predicted molar refractivity (Wildman–Crippen MR) is 118 cm³/mol. The zero-order chi connectivity index (χ0) is 21.1. The molecule has 0 spiro atoms. The second-order valence-corrected chi connectivity index (χ2v) is 7.45. The lowest BCUT2D eigenvalue weighted by Gasteiger charge is -2.05. The minimum Gasteiger partial charge on any atom is -0.507 e. The van der Waals surface area contributed by atoms with Gasteiger partial charge in [-0.1, -0.05) is 70.0 Å². The Bertz CT molecular complexity index is 905. The lowest BCUT2D eigenvalue weighted by Crippen LogP contribution is -2.06. The maximum Gasteiger partial charge on any atom is 0.341 e. The fourth-order valence-electron chi connectivity index (χ4n) is 2.88. The van der Waals surface area contributed by atoms with E-state index in [1.54, 1.807) is 18.2 Å². The first-order valence-electron chi connectivity index (χ1n) is 10.3. The van der Waals surface area contributed by atoms with E-state index in [9.17, 15) is 9.90 Å². The summed E-state index contributed by atoms with van der Waals surface area (Å²) < 4.78 is 5.01. The van der Waals surface area contributed by atoms with Crippen LogP contribution in [0.3, 0.4) is 0 Å². The van der Waals surface area contributed by atoms with Crippen LogP contribution in [0.5, 0.6) is 5.75 Å². The van der Waals surface area contributed by atoms with Crippen molar-refractivity contribution in [1.82, 2.24) is 4.98 Å². The zero-order valence-corrected chi connectivity index (χ0v) is 17.6. The first kappa shape index (κ1) is 22.4. The summed E-state index contributed by atoms with van der Waals surface area (Å²) in [5.41, 5.74) is 2.53. The number of aromatic nitrogens is 1. The second-order valence-electron chi connectivity index (χ2n) is 7.45. The molecule has 0 saturated heterocycles. The highest BCUT2D eigenvalue weighted by Gasteiger charge is 2.10. The van der Waals surface area contributed by atoms with Gasteiger partial charge < -0.3 is 9.84 Å². The quantitative estimate of drug-likeness (QED) is 0.385. The molecule has 0 atom stereocenters.